The van der Waals surface area contributed by atoms with E-state index in [1.807, 2.05) is 19.0 Å². The van der Waals surface area contributed by atoms with E-state index in [4.69, 9.17) is 5.11 Å². The van der Waals surface area contributed by atoms with Crippen LogP contribution in [0.4, 0.5) is 0 Å². The Morgan fingerprint density at radius 3 is 2.00 bits per heavy atom. The Hall–Kier alpha value is 0.920. The summed E-state index contributed by atoms with van der Waals surface area (Å²) in [5.74, 6) is 0. The van der Waals surface area contributed by atoms with Gasteiger partial charge in [0, 0.05) is 0 Å². The first-order valence-corrected chi connectivity index (χ1v) is 1.88. The van der Waals surface area contributed by atoms with Crippen LogP contribution in [-0.4, -0.2) is 30.6 Å². The van der Waals surface area contributed by atoms with E-state index in [2.05, 4.69) is 0 Å². The van der Waals surface area contributed by atoms with Gasteiger partial charge < -0.3 is 10.0 Å². The zero-order valence-electron chi connectivity index (χ0n) is 5.18. The van der Waals surface area contributed by atoms with E-state index in [-0.39, 0.29) is 29.6 Å². The molecule has 0 aliphatic heterocycles. The second-order valence-corrected chi connectivity index (χ2v) is 1.44. The number of aliphatic hydroxyl groups is 1. The van der Waals surface area contributed by atoms with Crippen LogP contribution >= 0.6 is 0 Å². The molecule has 0 aromatic rings. The molecule has 0 fully saturated rings. The van der Waals surface area contributed by atoms with E-state index in [9.17, 15) is 0 Å². The number of nitrogens with zero attached hydrogens (tertiary/aromatic N) is 1. The summed E-state index contributed by atoms with van der Waals surface area (Å²) in [6.45, 7) is 1.76. The Balaban J connectivity index is 0. The monoisotopic (exact) mass is 111 g/mol. The SMILES string of the molecule is CN(C)C[CH-]O.[Na+]. The Bertz CT molecular complexity index is 32.9. The maximum Gasteiger partial charge on any atom is 1.00 e. The number of aliphatic hydroxyl groups excluding tert-OH is 1. The van der Waals surface area contributed by atoms with Gasteiger partial charge in [0.25, 0.3) is 0 Å². The third-order valence-electron chi connectivity index (χ3n) is 0.447. The molecule has 0 amide bonds. The summed E-state index contributed by atoms with van der Waals surface area (Å²) in [5, 5.41) is 8.07. The smallest absolute Gasteiger partial charge is 0.565 e. The van der Waals surface area contributed by atoms with Crippen LogP contribution in [0, 0.1) is 6.61 Å². The molecule has 7 heavy (non-hydrogen) atoms. The maximum atomic E-state index is 8.07. The molecular formula is C4H10NNaO. The Labute approximate surface area is 66.8 Å². The summed E-state index contributed by atoms with van der Waals surface area (Å²) in [6.07, 6.45) is 0. The molecule has 3 heteroatoms. The molecule has 0 spiro atoms. The number of hydrogen-bond acceptors (Lipinski definition) is 2. The third kappa shape index (κ3) is 10.9. The molecule has 0 aliphatic rings. The molecule has 0 saturated carbocycles. The van der Waals surface area contributed by atoms with Crippen LogP contribution in [0.15, 0.2) is 0 Å². The second kappa shape index (κ2) is 6.92. The molecule has 0 aromatic carbocycles. The normalized spacial score (nSPS) is 8.57. The molecule has 0 unspecified atom stereocenters. The van der Waals surface area contributed by atoms with Gasteiger partial charge in [-0.1, -0.05) is 0 Å². The minimum absolute atomic E-state index is 0. The Morgan fingerprint density at radius 2 is 2.00 bits per heavy atom. The van der Waals surface area contributed by atoms with Crippen molar-refractivity contribution in [1.82, 2.24) is 4.90 Å². The average Bonchev–Trinajstić information content (AvgIpc) is 1.35. The standard InChI is InChI=1S/C4H10NO.Na/c1-5(2)3-4-6;/h4,6H,3H2,1-2H3;/q-1;+1. The maximum absolute atomic E-state index is 8.07. The van der Waals surface area contributed by atoms with Gasteiger partial charge >= 0.3 is 29.6 Å². The average molecular weight is 111 g/mol. The van der Waals surface area contributed by atoms with Gasteiger partial charge in [-0.25, -0.2) is 6.61 Å². The van der Waals surface area contributed by atoms with Gasteiger partial charge in [-0.05, 0) is 14.1 Å². The van der Waals surface area contributed by atoms with Crippen LogP contribution < -0.4 is 29.6 Å². The van der Waals surface area contributed by atoms with E-state index >= 15 is 0 Å². The van der Waals surface area contributed by atoms with Crippen molar-refractivity contribution in [2.24, 2.45) is 0 Å². The quantitative estimate of drug-likeness (QED) is 0.305. The van der Waals surface area contributed by atoms with Gasteiger partial charge in [0.2, 0.25) is 0 Å². The fraction of sp³-hybridized carbons (Fsp3) is 0.750. The van der Waals surface area contributed by atoms with E-state index in [1.165, 1.54) is 0 Å². The summed E-state index contributed by atoms with van der Waals surface area (Å²) >= 11 is 0. The second-order valence-electron chi connectivity index (χ2n) is 1.44. The molecule has 0 atom stereocenters. The van der Waals surface area contributed by atoms with Gasteiger partial charge in [0.15, 0.2) is 0 Å². The van der Waals surface area contributed by atoms with Gasteiger partial charge in [-0.3, -0.25) is 0 Å². The molecule has 0 heterocycles. The Kier molecular flexibility index (Phi) is 10.7. The number of rotatable bonds is 2. The summed E-state index contributed by atoms with van der Waals surface area (Å²) < 4.78 is 0. The summed E-state index contributed by atoms with van der Waals surface area (Å²) in [5.41, 5.74) is 0. The van der Waals surface area contributed by atoms with E-state index < -0.39 is 0 Å². The molecule has 0 aromatic heterocycles. The molecule has 0 bridgehead atoms. The van der Waals surface area contributed by atoms with E-state index in [1.54, 1.807) is 0 Å². The van der Waals surface area contributed by atoms with Crippen molar-refractivity contribution < 1.29 is 34.7 Å². The fourth-order valence-corrected chi connectivity index (χ4v) is 0.163. The Morgan fingerprint density at radius 1 is 1.57 bits per heavy atom. The molecule has 0 radical (unpaired) electrons. The van der Waals surface area contributed by atoms with Crippen molar-refractivity contribution >= 4 is 0 Å². The van der Waals surface area contributed by atoms with Crippen molar-refractivity contribution in [3.05, 3.63) is 6.61 Å². The van der Waals surface area contributed by atoms with Crippen LogP contribution in [0.1, 0.15) is 0 Å². The molecule has 1 N–H and O–H groups in total. The minimum atomic E-state index is 0. The summed E-state index contributed by atoms with van der Waals surface area (Å²) in [4.78, 5) is 1.88. The van der Waals surface area contributed by atoms with Crippen molar-refractivity contribution in [3.63, 3.8) is 0 Å². The summed E-state index contributed by atoms with van der Waals surface area (Å²) in [7, 11) is 3.79. The first-order valence-electron chi connectivity index (χ1n) is 1.88. The van der Waals surface area contributed by atoms with Crippen LogP contribution in [0.25, 0.3) is 0 Å². The molecule has 38 valence electrons. The van der Waals surface area contributed by atoms with Gasteiger partial charge in [-0.15, -0.1) is 6.54 Å². The van der Waals surface area contributed by atoms with Crippen molar-refractivity contribution in [1.29, 1.82) is 0 Å². The van der Waals surface area contributed by atoms with Crippen LogP contribution in [0.3, 0.4) is 0 Å². The van der Waals surface area contributed by atoms with Crippen LogP contribution in [0.2, 0.25) is 0 Å². The van der Waals surface area contributed by atoms with Crippen molar-refractivity contribution in [2.75, 3.05) is 20.6 Å². The van der Waals surface area contributed by atoms with E-state index in [0.717, 1.165) is 6.61 Å². The predicted molar refractivity (Wildman–Crippen MR) is 24.8 cm³/mol. The molecule has 0 rings (SSSR count). The van der Waals surface area contributed by atoms with Crippen molar-refractivity contribution in [2.45, 2.75) is 0 Å². The first-order chi connectivity index (χ1) is 2.77. The number of likely N-dealkylation sites (N-methyl/N-ethyl adjacent to an activating group) is 1. The molecular weight excluding hydrogens is 101 g/mol. The topological polar surface area (TPSA) is 23.5 Å². The van der Waals surface area contributed by atoms with Crippen LogP contribution in [0.5, 0.6) is 0 Å². The van der Waals surface area contributed by atoms with Gasteiger partial charge in [0.1, 0.15) is 0 Å². The zero-order valence-corrected chi connectivity index (χ0v) is 7.18. The largest absolute Gasteiger partial charge is 1.00 e. The number of hydrogen-bond donors (Lipinski definition) is 1. The van der Waals surface area contributed by atoms with E-state index in [0.29, 0.717) is 6.54 Å². The first kappa shape index (κ1) is 10.8. The van der Waals surface area contributed by atoms with Gasteiger partial charge in [0.05, 0.1) is 0 Å². The minimum Gasteiger partial charge on any atom is -0.565 e. The molecule has 0 saturated heterocycles. The molecule has 2 nitrogen and oxygen atoms in total. The predicted octanol–water partition coefficient (Wildman–Crippen LogP) is -2.91. The zero-order chi connectivity index (χ0) is 4.99. The van der Waals surface area contributed by atoms with Crippen LogP contribution in [-0.2, 0) is 0 Å². The summed E-state index contributed by atoms with van der Waals surface area (Å²) in [6, 6.07) is 0. The fourth-order valence-electron chi connectivity index (χ4n) is 0.163. The third-order valence-corrected chi connectivity index (χ3v) is 0.447. The molecule has 0 aliphatic carbocycles. The van der Waals surface area contributed by atoms with Crippen molar-refractivity contribution in [3.8, 4) is 0 Å². The van der Waals surface area contributed by atoms with Gasteiger partial charge in [-0.2, -0.15) is 0 Å².